The van der Waals surface area contributed by atoms with Gasteiger partial charge in [0.1, 0.15) is 0 Å². The summed E-state index contributed by atoms with van der Waals surface area (Å²) in [7, 11) is 1.57. The molecule has 28 heavy (non-hydrogen) atoms. The first-order valence-corrected chi connectivity index (χ1v) is 8.77. The minimum atomic E-state index is -4.69. The average Bonchev–Trinajstić information content (AvgIpc) is 3.16. The molecule has 0 aliphatic rings. The van der Waals surface area contributed by atoms with Gasteiger partial charge >= 0.3 is 12.1 Å². The summed E-state index contributed by atoms with van der Waals surface area (Å²) in [5.41, 5.74) is 1.12. The number of carbonyl (C=O) groups excluding carboxylic acids is 1. The van der Waals surface area contributed by atoms with Crippen LogP contribution in [0.3, 0.4) is 0 Å². The van der Waals surface area contributed by atoms with Gasteiger partial charge in [-0.3, -0.25) is 9.63 Å². The fourth-order valence-corrected chi connectivity index (χ4v) is 2.28. The Kier molecular flexibility index (Phi) is 7.94. The van der Waals surface area contributed by atoms with E-state index >= 15 is 0 Å². The molecule has 0 aliphatic carbocycles. The highest BCUT2D eigenvalue weighted by Gasteiger charge is 2.38. The van der Waals surface area contributed by atoms with Gasteiger partial charge in [-0.05, 0) is 18.4 Å². The fraction of sp³-hybridized carbons (Fsp3) is 0.500. The molecule has 10 heteroatoms. The number of carbonyl (C=O) groups is 1. The van der Waals surface area contributed by atoms with E-state index in [1.807, 2.05) is 6.92 Å². The van der Waals surface area contributed by atoms with Crippen molar-refractivity contribution >= 4 is 5.91 Å². The minimum absolute atomic E-state index is 0.159. The lowest BCUT2D eigenvalue weighted by Gasteiger charge is -2.22. The molecular weight excluding hydrogens is 379 g/mol. The Bertz CT molecular complexity index is 747. The van der Waals surface area contributed by atoms with Crippen LogP contribution in [0.2, 0.25) is 0 Å². The fourth-order valence-electron chi connectivity index (χ4n) is 2.28. The molecule has 1 heterocycles. The van der Waals surface area contributed by atoms with Crippen LogP contribution in [0.1, 0.15) is 37.6 Å². The molecule has 1 aromatic heterocycles. The van der Waals surface area contributed by atoms with Crippen molar-refractivity contribution in [3.8, 4) is 11.4 Å². The van der Waals surface area contributed by atoms with Crippen molar-refractivity contribution in [1.82, 2.24) is 15.2 Å². The summed E-state index contributed by atoms with van der Waals surface area (Å²) < 4.78 is 46.9. The maximum Gasteiger partial charge on any atom is 0.471 e. The molecule has 0 saturated heterocycles. The number of methoxy groups -OCH3 is 1. The third-order valence-electron chi connectivity index (χ3n) is 3.68. The number of aromatic nitrogens is 2. The van der Waals surface area contributed by atoms with Crippen molar-refractivity contribution in [3.05, 3.63) is 35.7 Å². The Morgan fingerprint density at radius 2 is 1.93 bits per heavy atom. The topological polar surface area (TPSA) is 77.7 Å². The maximum atomic E-state index is 12.6. The van der Waals surface area contributed by atoms with E-state index in [0.29, 0.717) is 31.6 Å². The summed E-state index contributed by atoms with van der Waals surface area (Å²) >= 11 is 0. The number of hydroxylamine groups is 2. The molecule has 0 atom stereocenters. The van der Waals surface area contributed by atoms with E-state index in [9.17, 15) is 18.0 Å². The number of alkyl halides is 3. The molecular formula is C18H22F3N3O4. The number of rotatable bonds is 10. The third-order valence-corrected chi connectivity index (χ3v) is 3.68. The molecule has 0 unspecified atom stereocenters. The van der Waals surface area contributed by atoms with Crippen molar-refractivity contribution in [2.45, 2.75) is 38.9 Å². The molecule has 2 rings (SSSR count). The predicted molar refractivity (Wildman–Crippen MR) is 92.6 cm³/mol. The molecule has 0 N–H and O–H groups in total. The predicted octanol–water partition coefficient (Wildman–Crippen LogP) is 3.85. The van der Waals surface area contributed by atoms with Gasteiger partial charge in [0.25, 0.3) is 0 Å². The van der Waals surface area contributed by atoms with E-state index in [4.69, 9.17) is 9.57 Å². The summed E-state index contributed by atoms with van der Waals surface area (Å²) in [6.07, 6.45) is -3.07. The highest BCUT2D eigenvalue weighted by molar-refractivity contribution is 5.75. The van der Waals surface area contributed by atoms with Gasteiger partial charge in [0, 0.05) is 25.7 Å². The van der Waals surface area contributed by atoms with Gasteiger partial charge in [-0.2, -0.15) is 18.2 Å². The molecule has 7 nitrogen and oxygen atoms in total. The van der Waals surface area contributed by atoms with Crippen LogP contribution in [0.25, 0.3) is 11.4 Å². The lowest BCUT2D eigenvalue weighted by molar-refractivity contribution is -0.190. The van der Waals surface area contributed by atoms with Gasteiger partial charge in [0.2, 0.25) is 11.7 Å². The molecule has 0 aliphatic heterocycles. The third kappa shape index (κ3) is 6.31. The second-order valence-electron chi connectivity index (χ2n) is 5.98. The Hall–Kier alpha value is -2.46. The monoisotopic (exact) mass is 401 g/mol. The van der Waals surface area contributed by atoms with Crippen LogP contribution in [0.5, 0.6) is 0 Å². The second kappa shape index (κ2) is 10.2. The van der Waals surface area contributed by atoms with E-state index in [-0.39, 0.29) is 18.3 Å². The number of hydrogen-bond donors (Lipinski definition) is 0. The summed E-state index contributed by atoms with van der Waals surface area (Å²) in [6, 6.07) is 6.47. The standard InChI is InChI=1S/C18H22F3N3O4/c1-3-10-27-24(15(25)5-4-11-26-2)12-13-6-8-14(9-7-13)16-22-17(28-23-16)18(19,20)21/h6-9H,3-5,10-12H2,1-2H3. The summed E-state index contributed by atoms with van der Waals surface area (Å²) in [5, 5.41) is 4.64. The second-order valence-corrected chi connectivity index (χ2v) is 5.98. The SMILES string of the molecule is CCCON(Cc1ccc(-c2noc(C(F)(F)F)n2)cc1)C(=O)CCCOC. The highest BCUT2D eigenvalue weighted by atomic mass is 19.4. The molecule has 0 fully saturated rings. The zero-order valence-electron chi connectivity index (χ0n) is 15.7. The van der Waals surface area contributed by atoms with E-state index in [0.717, 1.165) is 12.0 Å². The average molecular weight is 401 g/mol. The zero-order valence-corrected chi connectivity index (χ0v) is 15.7. The first-order chi connectivity index (χ1) is 13.3. The molecule has 0 spiro atoms. The van der Waals surface area contributed by atoms with E-state index < -0.39 is 12.1 Å². The molecule has 1 aromatic carbocycles. The zero-order chi connectivity index (χ0) is 20.6. The van der Waals surface area contributed by atoms with Crippen LogP contribution in [-0.2, 0) is 27.1 Å². The van der Waals surface area contributed by atoms with Crippen molar-refractivity contribution in [2.24, 2.45) is 0 Å². The summed E-state index contributed by atoms with van der Waals surface area (Å²) in [5.74, 6) is -1.72. The van der Waals surface area contributed by atoms with Crippen LogP contribution >= 0.6 is 0 Å². The lowest BCUT2D eigenvalue weighted by atomic mass is 10.1. The quantitative estimate of drug-likeness (QED) is 0.445. The van der Waals surface area contributed by atoms with Crippen molar-refractivity contribution in [3.63, 3.8) is 0 Å². The van der Waals surface area contributed by atoms with Crippen LogP contribution < -0.4 is 0 Å². The Balaban J connectivity index is 2.05. The maximum absolute atomic E-state index is 12.6. The number of halogens is 3. The summed E-state index contributed by atoms with van der Waals surface area (Å²) in [4.78, 5) is 21.2. The van der Waals surface area contributed by atoms with Gasteiger partial charge in [-0.25, -0.2) is 5.06 Å². The van der Waals surface area contributed by atoms with Crippen LogP contribution in [-0.4, -0.2) is 41.4 Å². The normalized spacial score (nSPS) is 11.6. The molecule has 0 radical (unpaired) electrons. The van der Waals surface area contributed by atoms with Crippen molar-refractivity contribution in [1.29, 1.82) is 0 Å². The van der Waals surface area contributed by atoms with E-state index in [1.54, 1.807) is 31.4 Å². The molecule has 1 amide bonds. The number of benzene rings is 1. The van der Waals surface area contributed by atoms with E-state index in [2.05, 4.69) is 14.7 Å². The van der Waals surface area contributed by atoms with Gasteiger partial charge in [0.05, 0.1) is 13.2 Å². The number of nitrogens with zero attached hydrogens (tertiary/aromatic N) is 3. The molecule has 0 saturated carbocycles. The molecule has 154 valence electrons. The van der Waals surface area contributed by atoms with E-state index in [1.165, 1.54) is 5.06 Å². The van der Waals surface area contributed by atoms with Crippen molar-refractivity contribution < 1.29 is 32.1 Å². The van der Waals surface area contributed by atoms with Crippen LogP contribution in [0.15, 0.2) is 28.8 Å². The first kappa shape index (κ1) is 21.8. The number of hydrogen-bond acceptors (Lipinski definition) is 6. The molecule has 2 aromatic rings. The van der Waals surface area contributed by atoms with Crippen LogP contribution in [0.4, 0.5) is 13.2 Å². The largest absolute Gasteiger partial charge is 0.471 e. The lowest BCUT2D eigenvalue weighted by Crippen LogP contribution is -2.31. The number of amides is 1. The Morgan fingerprint density at radius 3 is 2.50 bits per heavy atom. The minimum Gasteiger partial charge on any atom is -0.385 e. The highest BCUT2D eigenvalue weighted by Crippen LogP contribution is 2.29. The van der Waals surface area contributed by atoms with Crippen LogP contribution in [0, 0.1) is 0 Å². The van der Waals surface area contributed by atoms with Gasteiger partial charge in [-0.1, -0.05) is 36.3 Å². The van der Waals surface area contributed by atoms with Crippen molar-refractivity contribution in [2.75, 3.05) is 20.3 Å². The Morgan fingerprint density at radius 1 is 1.21 bits per heavy atom. The number of ether oxygens (including phenoxy) is 1. The summed E-state index contributed by atoms with van der Waals surface area (Å²) in [6.45, 7) is 3.03. The van der Waals surface area contributed by atoms with Gasteiger partial charge in [0.15, 0.2) is 0 Å². The molecule has 0 bridgehead atoms. The first-order valence-electron chi connectivity index (χ1n) is 8.77. The smallest absolute Gasteiger partial charge is 0.385 e. The van der Waals surface area contributed by atoms with Gasteiger partial charge < -0.3 is 9.26 Å². The Labute approximate surface area is 160 Å². The van der Waals surface area contributed by atoms with Gasteiger partial charge in [-0.15, -0.1) is 0 Å².